The number of hydrogen-bond acceptors (Lipinski definition) is 3. The molecule has 0 saturated heterocycles. The molecule has 0 aromatic heterocycles. The van der Waals surface area contributed by atoms with Gasteiger partial charge in [-0.1, -0.05) is 42.8 Å². The lowest BCUT2D eigenvalue weighted by molar-refractivity contribution is -0.142. The van der Waals surface area contributed by atoms with E-state index in [-0.39, 0.29) is 24.5 Å². The van der Waals surface area contributed by atoms with Gasteiger partial charge in [0.2, 0.25) is 5.91 Å². The average Bonchev–Trinajstić information content (AvgIpc) is 2.70. The minimum Gasteiger partial charge on any atom is -0.484 e. The highest BCUT2D eigenvalue weighted by Crippen LogP contribution is 2.17. The van der Waals surface area contributed by atoms with Gasteiger partial charge in [-0.05, 0) is 69.9 Å². The SMILES string of the molecule is CC[C@@H](C)NC(=O)[C@@H](C)N(Cc1ccc(C)cc1)C(=O)COc1cc(C)cc(C)c1. The molecule has 2 aromatic carbocycles. The summed E-state index contributed by atoms with van der Waals surface area (Å²) < 4.78 is 5.78. The molecule has 1 N–H and O–H groups in total. The molecule has 0 saturated carbocycles. The maximum atomic E-state index is 13.1. The number of nitrogens with one attached hydrogen (secondary N) is 1. The molecule has 0 heterocycles. The molecule has 0 bridgehead atoms. The first kappa shape index (κ1) is 23.5. The number of nitrogens with zero attached hydrogens (tertiary/aromatic N) is 1. The summed E-state index contributed by atoms with van der Waals surface area (Å²) in [6.07, 6.45) is 0.834. The maximum Gasteiger partial charge on any atom is 0.261 e. The fourth-order valence-electron chi connectivity index (χ4n) is 3.18. The first-order valence-corrected chi connectivity index (χ1v) is 10.6. The Kier molecular flexibility index (Phi) is 8.46. The number of amides is 2. The summed E-state index contributed by atoms with van der Waals surface area (Å²) in [5, 5.41) is 2.97. The summed E-state index contributed by atoms with van der Waals surface area (Å²) in [5.74, 6) is 0.283. The van der Waals surface area contributed by atoms with Crippen molar-refractivity contribution in [1.82, 2.24) is 10.2 Å². The summed E-state index contributed by atoms with van der Waals surface area (Å²) in [5.41, 5.74) is 4.28. The Morgan fingerprint density at radius 3 is 2.13 bits per heavy atom. The lowest BCUT2D eigenvalue weighted by Gasteiger charge is -2.29. The van der Waals surface area contributed by atoms with E-state index in [2.05, 4.69) is 11.4 Å². The molecule has 5 nitrogen and oxygen atoms in total. The van der Waals surface area contributed by atoms with Crippen LogP contribution in [-0.4, -0.2) is 35.4 Å². The Morgan fingerprint density at radius 1 is 0.967 bits per heavy atom. The highest BCUT2D eigenvalue weighted by Gasteiger charge is 2.27. The van der Waals surface area contributed by atoms with Crippen molar-refractivity contribution in [2.75, 3.05) is 6.61 Å². The molecule has 0 aliphatic rings. The van der Waals surface area contributed by atoms with Gasteiger partial charge < -0.3 is 15.0 Å². The van der Waals surface area contributed by atoms with Gasteiger partial charge in [-0.25, -0.2) is 0 Å². The summed E-state index contributed by atoms with van der Waals surface area (Å²) in [4.78, 5) is 27.4. The Bertz CT molecular complexity index is 841. The van der Waals surface area contributed by atoms with Crippen LogP contribution in [0.1, 0.15) is 49.4 Å². The molecule has 2 rings (SSSR count). The highest BCUT2D eigenvalue weighted by atomic mass is 16.5. The van der Waals surface area contributed by atoms with Gasteiger partial charge in [-0.15, -0.1) is 0 Å². The first-order valence-electron chi connectivity index (χ1n) is 10.6. The van der Waals surface area contributed by atoms with Crippen LogP contribution >= 0.6 is 0 Å². The highest BCUT2D eigenvalue weighted by molar-refractivity contribution is 5.88. The first-order chi connectivity index (χ1) is 14.2. The summed E-state index contributed by atoms with van der Waals surface area (Å²) >= 11 is 0. The topological polar surface area (TPSA) is 58.6 Å². The second-order valence-electron chi connectivity index (χ2n) is 8.11. The van der Waals surface area contributed by atoms with E-state index in [0.717, 1.165) is 28.7 Å². The fraction of sp³-hybridized carbons (Fsp3) is 0.440. The van der Waals surface area contributed by atoms with Gasteiger partial charge in [0.05, 0.1) is 0 Å². The third-order valence-electron chi connectivity index (χ3n) is 5.20. The molecule has 5 heteroatoms. The van der Waals surface area contributed by atoms with Crippen LogP contribution in [0.3, 0.4) is 0 Å². The van der Waals surface area contributed by atoms with Crippen molar-refractivity contribution < 1.29 is 14.3 Å². The van der Waals surface area contributed by atoms with Crippen molar-refractivity contribution in [2.24, 2.45) is 0 Å². The molecular weight excluding hydrogens is 376 g/mol. The Labute approximate surface area is 180 Å². The van der Waals surface area contributed by atoms with Crippen LogP contribution in [0.25, 0.3) is 0 Å². The zero-order chi connectivity index (χ0) is 22.3. The average molecular weight is 411 g/mol. The van der Waals surface area contributed by atoms with E-state index in [1.165, 1.54) is 0 Å². The number of rotatable bonds is 9. The lowest BCUT2D eigenvalue weighted by Crippen LogP contribution is -2.50. The summed E-state index contributed by atoms with van der Waals surface area (Å²) in [6, 6.07) is 13.3. The van der Waals surface area contributed by atoms with E-state index in [4.69, 9.17) is 4.74 Å². The van der Waals surface area contributed by atoms with E-state index in [1.807, 2.05) is 71.0 Å². The van der Waals surface area contributed by atoms with Crippen LogP contribution < -0.4 is 10.1 Å². The van der Waals surface area contributed by atoms with Crippen molar-refractivity contribution in [3.63, 3.8) is 0 Å². The van der Waals surface area contributed by atoms with Gasteiger partial charge in [0, 0.05) is 12.6 Å². The van der Waals surface area contributed by atoms with Crippen LogP contribution in [0.4, 0.5) is 0 Å². The van der Waals surface area contributed by atoms with Gasteiger partial charge in [-0.3, -0.25) is 9.59 Å². The molecule has 2 amide bonds. The van der Waals surface area contributed by atoms with E-state index < -0.39 is 6.04 Å². The van der Waals surface area contributed by atoms with Crippen LogP contribution in [0.15, 0.2) is 42.5 Å². The van der Waals surface area contributed by atoms with Gasteiger partial charge in [-0.2, -0.15) is 0 Å². The molecule has 0 aliphatic heterocycles. The predicted octanol–water partition coefficient (Wildman–Crippen LogP) is 4.32. The van der Waals surface area contributed by atoms with Crippen molar-refractivity contribution in [1.29, 1.82) is 0 Å². The molecule has 0 radical (unpaired) electrons. The number of hydrogen-bond donors (Lipinski definition) is 1. The van der Waals surface area contributed by atoms with E-state index in [9.17, 15) is 9.59 Å². The van der Waals surface area contributed by atoms with E-state index in [0.29, 0.717) is 12.3 Å². The minimum atomic E-state index is -0.601. The third-order valence-corrected chi connectivity index (χ3v) is 5.20. The molecule has 0 fully saturated rings. The van der Waals surface area contributed by atoms with E-state index >= 15 is 0 Å². The van der Waals surface area contributed by atoms with Crippen molar-refractivity contribution in [2.45, 2.75) is 66.6 Å². The predicted molar refractivity (Wildman–Crippen MR) is 120 cm³/mol. The number of ether oxygens (including phenoxy) is 1. The van der Waals surface area contributed by atoms with Crippen LogP contribution in [0.5, 0.6) is 5.75 Å². The lowest BCUT2D eigenvalue weighted by atomic mass is 10.1. The Morgan fingerprint density at radius 2 is 1.57 bits per heavy atom. The Balaban J connectivity index is 2.16. The van der Waals surface area contributed by atoms with Crippen LogP contribution in [-0.2, 0) is 16.1 Å². The van der Waals surface area contributed by atoms with Crippen molar-refractivity contribution in [3.05, 3.63) is 64.7 Å². The quantitative estimate of drug-likeness (QED) is 0.670. The van der Waals surface area contributed by atoms with Gasteiger partial charge >= 0.3 is 0 Å². The molecule has 2 atom stereocenters. The van der Waals surface area contributed by atoms with E-state index in [1.54, 1.807) is 11.8 Å². The number of carbonyl (C=O) groups is 2. The second-order valence-corrected chi connectivity index (χ2v) is 8.11. The standard InChI is InChI=1S/C25H34N2O3/c1-7-20(5)26-25(29)21(6)27(15-22-10-8-17(2)9-11-22)24(28)16-30-23-13-18(3)12-19(4)14-23/h8-14,20-21H,7,15-16H2,1-6H3,(H,26,29)/t20-,21-/m1/s1. The van der Waals surface area contributed by atoms with Crippen LogP contribution in [0, 0.1) is 20.8 Å². The monoisotopic (exact) mass is 410 g/mol. The summed E-state index contributed by atoms with van der Waals surface area (Å²) in [6.45, 7) is 12.0. The minimum absolute atomic E-state index is 0.0581. The maximum absolute atomic E-state index is 13.1. The second kappa shape index (κ2) is 10.8. The molecule has 2 aromatic rings. The molecule has 0 spiro atoms. The number of aryl methyl sites for hydroxylation is 3. The molecule has 162 valence electrons. The Hall–Kier alpha value is -2.82. The zero-order valence-electron chi connectivity index (χ0n) is 19.0. The summed E-state index contributed by atoms with van der Waals surface area (Å²) in [7, 11) is 0. The largest absolute Gasteiger partial charge is 0.484 e. The van der Waals surface area contributed by atoms with Gasteiger partial charge in [0.15, 0.2) is 6.61 Å². The normalized spacial score (nSPS) is 12.7. The molecule has 0 unspecified atom stereocenters. The zero-order valence-corrected chi connectivity index (χ0v) is 19.0. The van der Waals surface area contributed by atoms with Crippen molar-refractivity contribution >= 4 is 11.8 Å². The van der Waals surface area contributed by atoms with Gasteiger partial charge in [0.1, 0.15) is 11.8 Å². The van der Waals surface area contributed by atoms with Crippen LogP contribution in [0.2, 0.25) is 0 Å². The molecule has 0 aliphatic carbocycles. The molecular formula is C25H34N2O3. The van der Waals surface area contributed by atoms with Crippen molar-refractivity contribution in [3.8, 4) is 5.75 Å². The number of benzene rings is 2. The fourth-order valence-corrected chi connectivity index (χ4v) is 3.18. The third kappa shape index (κ3) is 6.90. The van der Waals surface area contributed by atoms with Gasteiger partial charge in [0.25, 0.3) is 5.91 Å². The molecule has 30 heavy (non-hydrogen) atoms. The smallest absolute Gasteiger partial charge is 0.261 e. The number of carbonyl (C=O) groups excluding carboxylic acids is 2.